The maximum Gasteiger partial charge on any atom is 0.134 e. The van der Waals surface area contributed by atoms with Crippen LogP contribution in [-0.2, 0) is 9.47 Å². The Morgan fingerprint density at radius 1 is 0.870 bits per heavy atom. The van der Waals surface area contributed by atoms with Crippen molar-refractivity contribution in [1.82, 2.24) is 4.98 Å². The molecule has 0 spiro atoms. The molecule has 0 N–H and O–H groups in total. The number of hydrogen-bond acceptors (Lipinski definition) is 5. The van der Waals surface area contributed by atoms with Gasteiger partial charge in [-0.05, 0) is 13.0 Å². The highest BCUT2D eigenvalue weighted by molar-refractivity contribution is 5.96. The molecule has 0 bridgehead atoms. The second-order valence-corrected chi connectivity index (χ2v) is 6.13. The highest BCUT2D eigenvalue weighted by atomic mass is 16.5. The van der Waals surface area contributed by atoms with Crippen LogP contribution in [0, 0.1) is 6.92 Å². The van der Waals surface area contributed by atoms with Gasteiger partial charge in [0.2, 0.25) is 0 Å². The molecule has 5 nitrogen and oxygen atoms in total. The number of para-hydroxylation sites is 1. The zero-order valence-corrected chi connectivity index (χ0v) is 13.6. The predicted octanol–water partition coefficient (Wildman–Crippen LogP) is 2.22. The minimum absolute atomic E-state index is 0.779. The van der Waals surface area contributed by atoms with E-state index in [-0.39, 0.29) is 0 Å². The standard InChI is InChI=1S/C18H23N3O2/c1-14-17(20-6-10-22-11-7-20)15-4-2-3-5-16(15)19-18(14)21-8-12-23-13-9-21/h2-5H,6-13H2,1H3. The molecule has 1 aromatic heterocycles. The molecule has 0 saturated carbocycles. The molecule has 2 aromatic rings. The molecule has 0 aliphatic carbocycles. The van der Waals surface area contributed by atoms with Crippen LogP contribution in [0.25, 0.3) is 10.9 Å². The Bertz CT molecular complexity index is 692. The van der Waals surface area contributed by atoms with Crippen LogP contribution in [0.15, 0.2) is 24.3 Å². The van der Waals surface area contributed by atoms with E-state index in [0.717, 1.165) is 63.9 Å². The summed E-state index contributed by atoms with van der Waals surface area (Å²) >= 11 is 0. The first kappa shape index (κ1) is 14.7. The van der Waals surface area contributed by atoms with Gasteiger partial charge in [0.15, 0.2) is 0 Å². The van der Waals surface area contributed by atoms with E-state index >= 15 is 0 Å². The first-order valence-electron chi connectivity index (χ1n) is 8.39. The SMILES string of the molecule is Cc1c(N2CCOCC2)nc2ccccc2c1N1CCOCC1. The van der Waals surface area contributed by atoms with Crippen molar-refractivity contribution in [3.8, 4) is 0 Å². The topological polar surface area (TPSA) is 37.8 Å². The highest BCUT2D eigenvalue weighted by Crippen LogP contribution is 2.35. The summed E-state index contributed by atoms with van der Waals surface area (Å²) in [5, 5.41) is 1.24. The van der Waals surface area contributed by atoms with Crippen LogP contribution in [0.1, 0.15) is 5.56 Å². The average molecular weight is 313 g/mol. The molecule has 4 rings (SSSR count). The van der Waals surface area contributed by atoms with Crippen molar-refractivity contribution < 1.29 is 9.47 Å². The van der Waals surface area contributed by atoms with E-state index < -0.39 is 0 Å². The van der Waals surface area contributed by atoms with Crippen molar-refractivity contribution in [1.29, 1.82) is 0 Å². The molecule has 2 aliphatic heterocycles. The molecule has 2 saturated heterocycles. The number of nitrogens with zero attached hydrogens (tertiary/aromatic N) is 3. The average Bonchev–Trinajstić information content (AvgIpc) is 2.63. The summed E-state index contributed by atoms with van der Waals surface area (Å²) in [6.07, 6.45) is 0. The van der Waals surface area contributed by atoms with E-state index in [0.29, 0.717) is 0 Å². The fourth-order valence-electron chi connectivity index (χ4n) is 3.55. The number of anilines is 2. The van der Waals surface area contributed by atoms with Crippen molar-refractivity contribution in [3.05, 3.63) is 29.8 Å². The first-order chi connectivity index (χ1) is 11.3. The van der Waals surface area contributed by atoms with E-state index in [2.05, 4.69) is 41.0 Å². The third-order valence-electron chi connectivity index (χ3n) is 4.71. The van der Waals surface area contributed by atoms with Gasteiger partial charge in [0, 0.05) is 37.1 Å². The zero-order valence-electron chi connectivity index (χ0n) is 13.6. The zero-order chi connectivity index (χ0) is 15.6. The van der Waals surface area contributed by atoms with Crippen molar-refractivity contribution in [2.75, 3.05) is 62.4 Å². The van der Waals surface area contributed by atoms with Crippen molar-refractivity contribution >= 4 is 22.4 Å². The number of fused-ring (bicyclic) bond motifs is 1. The third kappa shape index (κ3) is 2.75. The molecule has 2 aliphatic rings. The van der Waals surface area contributed by atoms with Gasteiger partial charge in [-0.1, -0.05) is 18.2 Å². The fraction of sp³-hybridized carbons (Fsp3) is 0.500. The van der Waals surface area contributed by atoms with Gasteiger partial charge >= 0.3 is 0 Å². The summed E-state index contributed by atoms with van der Waals surface area (Å²) in [7, 11) is 0. The minimum atomic E-state index is 0.779. The number of hydrogen-bond donors (Lipinski definition) is 0. The first-order valence-corrected chi connectivity index (χ1v) is 8.39. The maximum atomic E-state index is 5.54. The second kappa shape index (κ2) is 6.34. The van der Waals surface area contributed by atoms with Crippen LogP contribution in [0.3, 0.4) is 0 Å². The lowest BCUT2D eigenvalue weighted by Crippen LogP contribution is -2.39. The number of aromatic nitrogens is 1. The Hall–Kier alpha value is -1.85. The molecule has 0 unspecified atom stereocenters. The van der Waals surface area contributed by atoms with Gasteiger partial charge in [0.05, 0.1) is 37.6 Å². The van der Waals surface area contributed by atoms with Gasteiger partial charge in [0.25, 0.3) is 0 Å². The molecule has 0 atom stereocenters. The van der Waals surface area contributed by atoms with Crippen LogP contribution in [0.4, 0.5) is 11.5 Å². The van der Waals surface area contributed by atoms with Crippen LogP contribution in [-0.4, -0.2) is 57.6 Å². The predicted molar refractivity (Wildman–Crippen MR) is 92.5 cm³/mol. The Morgan fingerprint density at radius 3 is 2.17 bits per heavy atom. The number of rotatable bonds is 2. The molecular formula is C18H23N3O2. The van der Waals surface area contributed by atoms with Crippen LogP contribution in [0.5, 0.6) is 0 Å². The maximum absolute atomic E-state index is 5.54. The van der Waals surface area contributed by atoms with Gasteiger partial charge < -0.3 is 19.3 Å². The number of pyridine rings is 1. The van der Waals surface area contributed by atoms with Crippen molar-refractivity contribution in [2.24, 2.45) is 0 Å². The normalized spacial score (nSPS) is 19.3. The Balaban J connectivity index is 1.85. The minimum Gasteiger partial charge on any atom is -0.378 e. The molecule has 1 aromatic carbocycles. The number of ether oxygens (including phenoxy) is 2. The number of morpholine rings is 2. The van der Waals surface area contributed by atoms with E-state index in [9.17, 15) is 0 Å². The van der Waals surface area contributed by atoms with Gasteiger partial charge in [-0.2, -0.15) is 0 Å². The summed E-state index contributed by atoms with van der Waals surface area (Å²) in [5.41, 5.74) is 3.66. The molecule has 5 heteroatoms. The number of benzene rings is 1. The van der Waals surface area contributed by atoms with Gasteiger partial charge in [-0.3, -0.25) is 0 Å². The lowest BCUT2D eigenvalue weighted by Gasteiger charge is -2.34. The molecule has 2 fully saturated rings. The highest BCUT2D eigenvalue weighted by Gasteiger charge is 2.23. The van der Waals surface area contributed by atoms with Crippen molar-refractivity contribution in [3.63, 3.8) is 0 Å². The lowest BCUT2D eigenvalue weighted by molar-refractivity contribution is 0.122. The summed E-state index contributed by atoms with van der Waals surface area (Å²) < 4.78 is 11.0. The quantitative estimate of drug-likeness (QED) is 0.850. The summed E-state index contributed by atoms with van der Waals surface area (Å²) in [4.78, 5) is 9.77. The summed E-state index contributed by atoms with van der Waals surface area (Å²) in [5.74, 6) is 1.11. The fourth-order valence-corrected chi connectivity index (χ4v) is 3.55. The van der Waals surface area contributed by atoms with E-state index in [4.69, 9.17) is 14.5 Å². The largest absolute Gasteiger partial charge is 0.378 e. The smallest absolute Gasteiger partial charge is 0.134 e. The summed E-state index contributed by atoms with van der Waals surface area (Å²) in [6.45, 7) is 9.06. The van der Waals surface area contributed by atoms with Crippen LogP contribution < -0.4 is 9.80 Å². The Labute approximate surface area is 136 Å². The van der Waals surface area contributed by atoms with Gasteiger partial charge in [-0.25, -0.2) is 4.98 Å². The van der Waals surface area contributed by atoms with Crippen LogP contribution >= 0.6 is 0 Å². The molecule has 0 amide bonds. The lowest BCUT2D eigenvalue weighted by atomic mass is 10.1. The van der Waals surface area contributed by atoms with Crippen molar-refractivity contribution in [2.45, 2.75) is 6.92 Å². The van der Waals surface area contributed by atoms with E-state index in [1.807, 2.05) is 0 Å². The second-order valence-electron chi connectivity index (χ2n) is 6.13. The molecule has 122 valence electrons. The monoisotopic (exact) mass is 313 g/mol. The molecule has 0 radical (unpaired) electrons. The van der Waals surface area contributed by atoms with Crippen LogP contribution in [0.2, 0.25) is 0 Å². The molecule has 23 heavy (non-hydrogen) atoms. The third-order valence-corrected chi connectivity index (χ3v) is 4.71. The Morgan fingerprint density at radius 2 is 1.48 bits per heavy atom. The summed E-state index contributed by atoms with van der Waals surface area (Å²) in [6, 6.07) is 8.46. The van der Waals surface area contributed by atoms with E-state index in [1.165, 1.54) is 16.6 Å². The molecular weight excluding hydrogens is 290 g/mol. The Kier molecular flexibility index (Phi) is 4.06. The van der Waals surface area contributed by atoms with Gasteiger partial charge in [-0.15, -0.1) is 0 Å². The van der Waals surface area contributed by atoms with E-state index in [1.54, 1.807) is 0 Å². The van der Waals surface area contributed by atoms with Gasteiger partial charge in [0.1, 0.15) is 5.82 Å². The molecule has 3 heterocycles.